The lowest BCUT2D eigenvalue weighted by Gasteiger charge is -2.41. The van der Waals surface area contributed by atoms with E-state index < -0.39 is 6.04 Å². The maximum absolute atomic E-state index is 13.4. The van der Waals surface area contributed by atoms with Crippen molar-refractivity contribution in [3.05, 3.63) is 60.3 Å². The number of primary amides is 1. The maximum atomic E-state index is 13.4. The molecule has 0 saturated carbocycles. The van der Waals surface area contributed by atoms with Crippen molar-refractivity contribution in [2.75, 3.05) is 24.5 Å². The Balaban J connectivity index is 1.91. The zero-order valence-corrected chi connectivity index (χ0v) is 17.2. The molecule has 1 fully saturated rings. The van der Waals surface area contributed by atoms with Gasteiger partial charge in [-0.3, -0.25) is 9.59 Å². The number of nitrogens with two attached hydrogens (primary N) is 1. The third kappa shape index (κ3) is 4.58. The second kappa shape index (κ2) is 9.54. The second-order valence-corrected chi connectivity index (χ2v) is 7.48. The topological polar surface area (TPSA) is 79.5 Å². The smallest absolute Gasteiger partial charge is 0.240 e. The van der Waals surface area contributed by atoms with Crippen LogP contribution >= 0.6 is 0 Å². The number of likely N-dealkylation sites (N-methyl/N-ethyl adjacent to an activating group) is 1. The molecular weight excluding hydrogens is 364 g/mol. The number of hydrogen-bond acceptors (Lipinski definition) is 4. The van der Waals surface area contributed by atoms with Crippen molar-refractivity contribution in [3.63, 3.8) is 0 Å². The largest absolute Gasteiger partial charge is 0.368 e. The molecule has 1 aromatic carbocycles. The average molecular weight is 395 g/mol. The molecule has 3 atom stereocenters. The Morgan fingerprint density at radius 2 is 1.83 bits per heavy atom. The van der Waals surface area contributed by atoms with Crippen molar-refractivity contribution in [1.29, 1.82) is 0 Å². The summed E-state index contributed by atoms with van der Waals surface area (Å²) >= 11 is 0. The average Bonchev–Trinajstić information content (AvgIpc) is 2.76. The number of pyridine rings is 1. The first-order valence-electron chi connectivity index (χ1n) is 10.4. The molecule has 0 bridgehead atoms. The van der Waals surface area contributed by atoms with Gasteiger partial charge in [-0.1, -0.05) is 36.4 Å². The van der Waals surface area contributed by atoms with Crippen LogP contribution in [0.5, 0.6) is 0 Å². The van der Waals surface area contributed by atoms with E-state index >= 15 is 0 Å². The lowest BCUT2D eigenvalue weighted by Crippen LogP contribution is -2.52. The number of piperidine rings is 1. The summed E-state index contributed by atoms with van der Waals surface area (Å²) in [5, 5.41) is 0. The number of anilines is 1. The van der Waals surface area contributed by atoms with Gasteiger partial charge < -0.3 is 15.5 Å². The van der Waals surface area contributed by atoms with Gasteiger partial charge >= 0.3 is 0 Å². The number of rotatable bonds is 7. The summed E-state index contributed by atoms with van der Waals surface area (Å²) < 4.78 is 0. The molecule has 0 spiro atoms. The van der Waals surface area contributed by atoms with Gasteiger partial charge in [0, 0.05) is 25.8 Å². The fraction of sp³-hybridized carbons (Fsp3) is 0.435. The minimum atomic E-state index is -0.473. The Labute approximate surface area is 172 Å². The standard InChI is InChI=1S/C23H30N4O2/c1-3-26(4-2)23(29)21(17-10-6-5-7-11-17)18-13-15-27(19(16-18)22(24)28)20-12-8-9-14-25-20/h5-12,14,18-19,21H,3-4,13,15-16H2,1-2H3,(H2,24,28). The van der Waals surface area contributed by atoms with Crippen LogP contribution in [-0.4, -0.2) is 47.4 Å². The zero-order valence-electron chi connectivity index (χ0n) is 17.2. The second-order valence-electron chi connectivity index (χ2n) is 7.48. The zero-order chi connectivity index (χ0) is 20.8. The normalized spacial score (nSPS) is 20.1. The number of carbonyl (C=O) groups excluding carboxylic acids is 2. The molecule has 0 radical (unpaired) electrons. The molecule has 29 heavy (non-hydrogen) atoms. The molecule has 154 valence electrons. The van der Waals surface area contributed by atoms with E-state index in [0.717, 1.165) is 17.8 Å². The predicted octanol–water partition coefficient (Wildman–Crippen LogP) is 2.80. The van der Waals surface area contributed by atoms with Crippen LogP contribution in [0.2, 0.25) is 0 Å². The summed E-state index contributed by atoms with van der Waals surface area (Å²) in [5.41, 5.74) is 6.78. The van der Waals surface area contributed by atoms with Gasteiger partial charge in [0.2, 0.25) is 11.8 Å². The highest BCUT2D eigenvalue weighted by Crippen LogP contribution is 2.37. The molecule has 6 heteroatoms. The Hall–Kier alpha value is -2.89. The fourth-order valence-electron chi connectivity index (χ4n) is 4.37. The maximum Gasteiger partial charge on any atom is 0.240 e. The van der Waals surface area contributed by atoms with Crippen LogP contribution in [0.1, 0.15) is 38.2 Å². The number of benzene rings is 1. The third-order valence-corrected chi connectivity index (χ3v) is 5.89. The summed E-state index contributed by atoms with van der Waals surface area (Å²) in [6, 6.07) is 15.1. The number of hydrogen-bond donors (Lipinski definition) is 1. The number of nitrogens with zero attached hydrogens (tertiary/aromatic N) is 3. The molecule has 2 amide bonds. The van der Waals surface area contributed by atoms with E-state index in [2.05, 4.69) is 4.98 Å². The van der Waals surface area contributed by atoms with Gasteiger partial charge in [-0.25, -0.2) is 4.98 Å². The summed E-state index contributed by atoms with van der Waals surface area (Å²) in [5.74, 6) is 0.274. The number of aromatic nitrogens is 1. The summed E-state index contributed by atoms with van der Waals surface area (Å²) in [6.45, 7) is 5.98. The first kappa shape index (κ1) is 20.8. The van der Waals surface area contributed by atoms with Crippen molar-refractivity contribution < 1.29 is 9.59 Å². The van der Waals surface area contributed by atoms with Crippen LogP contribution < -0.4 is 10.6 Å². The van der Waals surface area contributed by atoms with Gasteiger partial charge in [-0.15, -0.1) is 0 Å². The molecule has 6 nitrogen and oxygen atoms in total. The predicted molar refractivity (Wildman–Crippen MR) is 114 cm³/mol. The molecule has 0 aliphatic carbocycles. The Morgan fingerprint density at radius 1 is 1.14 bits per heavy atom. The van der Waals surface area contributed by atoms with Crippen LogP contribution in [0.4, 0.5) is 5.82 Å². The quantitative estimate of drug-likeness (QED) is 0.783. The van der Waals surface area contributed by atoms with Gasteiger partial charge in [0.25, 0.3) is 0 Å². The molecule has 1 saturated heterocycles. The fourth-order valence-corrected chi connectivity index (χ4v) is 4.37. The molecule has 3 rings (SSSR count). The van der Waals surface area contributed by atoms with Gasteiger partial charge in [0.1, 0.15) is 11.9 Å². The summed E-state index contributed by atoms with van der Waals surface area (Å²) in [4.78, 5) is 34.0. The Kier molecular flexibility index (Phi) is 6.86. The Bertz CT molecular complexity index is 808. The molecule has 1 aliphatic rings. The van der Waals surface area contributed by atoms with E-state index in [1.807, 2.05) is 72.2 Å². The first-order chi connectivity index (χ1) is 14.1. The summed E-state index contributed by atoms with van der Waals surface area (Å²) in [6.07, 6.45) is 3.06. The molecule has 2 aromatic rings. The van der Waals surface area contributed by atoms with E-state index in [0.29, 0.717) is 26.1 Å². The number of carbonyl (C=O) groups is 2. The van der Waals surface area contributed by atoms with E-state index in [4.69, 9.17) is 5.73 Å². The van der Waals surface area contributed by atoms with Crippen LogP contribution in [0.15, 0.2) is 54.7 Å². The van der Waals surface area contributed by atoms with Crippen molar-refractivity contribution in [1.82, 2.24) is 9.88 Å². The molecular formula is C23H30N4O2. The SMILES string of the molecule is CCN(CC)C(=O)C(c1ccccc1)C1CCN(c2ccccn2)C(C(N)=O)C1. The lowest BCUT2D eigenvalue weighted by molar-refractivity contribution is -0.134. The highest BCUT2D eigenvalue weighted by Gasteiger charge is 2.40. The van der Waals surface area contributed by atoms with Gasteiger partial charge in [0.05, 0.1) is 5.92 Å². The number of amides is 2. The van der Waals surface area contributed by atoms with E-state index in [1.54, 1.807) is 6.20 Å². The van der Waals surface area contributed by atoms with Crippen LogP contribution in [0.3, 0.4) is 0 Å². The van der Waals surface area contributed by atoms with Gasteiger partial charge in [-0.05, 0) is 50.3 Å². The van der Waals surface area contributed by atoms with Crippen LogP contribution in [0.25, 0.3) is 0 Å². The highest BCUT2D eigenvalue weighted by molar-refractivity contribution is 5.86. The van der Waals surface area contributed by atoms with Crippen molar-refractivity contribution >= 4 is 17.6 Å². The minimum Gasteiger partial charge on any atom is -0.368 e. The molecule has 2 heterocycles. The van der Waals surface area contributed by atoms with Gasteiger partial charge in [0.15, 0.2) is 0 Å². The van der Waals surface area contributed by atoms with Crippen molar-refractivity contribution in [3.8, 4) is 0 Å². The Morgan fingerprint density at radius 3 is 2.41 bits per heavy atom. The third-order valence-electron chi connectivity index (χ3n) is 5.89. The van der Waals surface area contributed by atoms with Crippen LogP contribution in [0, 0.1) is 5.92 Å². The van der Waals surface area contributed by atoms with Gasteiger partial charge in [-0.2, -0.15) is 0 Å². The van der Waals surface area contributed by atoms with Crippen LogP contribution in [-0.2, 0) is 9.59 Å². The van der Waals surface area contributed by atoms with E-state index in [1.165, 1.54) is 0 Å². The van der Waals surface area contributed by atoms with Crippen molar-refractivity contribution in [2.45, 2.75) is 38.6 Å². The van der Waals surface area contributed by atoms with E-state index in [-0.39, 0.29) is 23.7 Å². The highest BCUT2D eigenvalue weighted by atomic mass is 16.2. The van der Waals surface area contributed by atoms with E-state index in [9.17, 15) is 9.59 Å². The lowest BCUT2D eigenvalue weighted by atomic mass is 9.76. The summed E-state index contributed by atoms with van der Waals surface area (Å²) in [7, 11) is 0. The minimum absolute atomic E-state index is 0.0444. The monoisotopic (exact) mass is 394 g/mol. The van der Waals surface area contributed by atoms with Crippen molar-refractivity contribution in [2.24, 2.45) is 11.7 Å². The molecule has 1 aliphatic heterocycles. The molecule has 1 aromatic heterocycles. The molecule has 2 N–H and O–H groups in total. The molecule has 3 unspecified atom stereocenters. The first-order valence-corrected chi connectivity index (χ1v) is 10.4.